The van der Waals surface area contributed by atoms with Gasteiger partial charge in [-0.25, -0.2) is 0 Å². The molecule has 2 aromatic rings. The van der Waals surface area contributed by atoms with Gasteiger partial charge in [-0.3, -0.25) is 4.79 Å². The van der Waals surface area contributed by atoms with Crippen LogP contribution in [0.4, 0.5) is 0 Å². The number of aliphatic hydroxyl groups excluding tert-OH is 1. The van der Waals surface area contributed by atoms with Crippen LogP contribution >= 0.6 is 0 Å². The molecule has 0 aromatic heterocycles. The molecule has 0 fully saturated rings. The molecule has 20 heavy (non-hydrogen) atoms. The number of carbonyl (C=O) groups excluding carboxylic acids is 1. The summed E-state index contributed by atoms with van der Waals surface area (Å²) in [6.07, 6.45) is 1.48. The highest BCUT2D eigenvalue weighted by atomic mass is 16.3. The molecular formula is C17H17NO2. The molecule has 0 aliphatic heterocycles. The monoisotopic (exact) mass is 267 g/mol. The maximum atomic E-state index is 12.0. The first kappa shape index (κ1) is 12.9. The lowest BCUT2D eigenvalue weighted by Gasteiger charge is -2.06. The van der Waals surface area contributed by atoms with Gasteiger partial charge in [-0.2, -0.15) is 0 Å². The van der Waals surface area contributed by atoms with Crippen molar-refractivity contribution in [2.24, 2.45) is 0 Å². The summed E-state index contributed by atoms with van der Waals surface area (Å²) in [5.74, 6) is -0.0720. The largest absolute Gasteiger partial charge is 0.396 e. The van der Waals surface area contributed by atoms with E-state index in [4.69, 9.17) is 5.11 Å². The molecular weight excluding hydrogens is 250 g/mol. The molecule has 0 atom stereocenters. The molecule has 0 radical (unpaired) electrons. The average Bonchev–Trinajstić information content (AvgIpc) is 2.85. The number of nitrogens with one attached hydrogen (secondary N) is 1. The van der Waals surface area contributed by atoms with E-state index in [1.807, 2.05) is 30.3 Å². The highest BCUT2D eigenvalue weighted by molar-refractivity contribution is 5.95. The lowest BCUT2D eigenvalue weighted by Crippen LogP contribution is -2.25. The molecule has 102 valence electrons. The minimum absolute atomic E-state index is 0.0720. The molecule has 0 unspecified atom stereocenters. The molecule has 0 heterocycles. The Morgan fingerprint density at radius 2 is 1.90 bits per heavy atom. The van der Waals surface area contributed by atoms with Gasteiger partial charge in [0.1, 0.15) is 0 Å². The van der Waals surface area contributed by atoms with Crippen LogP contribution in [0, 0.1) is 0 Å². The van der Waals surface area contributed by atoms with Crippen LogP contribution in [0.15, 0.2) is 42.5 Å². The lowest BCUT2D eigenvalue weighted by atomic mass is 10.0. The second-order valence-corrected chi connectivity index (χ2v) is 5.04. The minimum atomic E-state index is -0.0720. The van der Waals surface area contributed by atoms with Crippen molar-refractivity contribution in [3.8, 4) is 11.1 Å². The summed E-state index contributed by atoms with van der Waals surface area (Å²) >= 11 is 0. The van der Waals surface area contributed by atoms with Crippen LogP contribution in [0.3, 0.4) is 0 Å². The summed E-state index contributed by atoms with van der Waals surface area (Å²) in [6, 6.07) is 14.2. The number of amides is 1. The third-order valence-electron chi connectivity index (χ3n) is 3.68. The van der Waals surface area contributed by atoms with Crippen molar-refractivity contribution in [3.63, 3.8) is 0 Å². The van der Waals surface area contributed by atoms with E-state index < -0.39 is 0 Å². The van der Waals surface area contributed by atoms with E-state index in [0.29, 0.717) is 18.5 Å². The second-order valence-electron chi connectivity index (χ2n) is 5.04. The molecule has 1 aliphatic rings. The van der Waals surface area contributed by atoms with Gasteiger partial charge in [0.15, 0.2) is 0 Å². The Morgan fingerprint density at radius 1 is 1.10 bits per heavy atom. The molecule has 2 N–H and O–H groups in total. The number of carbonyl (C=O) groups is 1. The molecule has 2 aromatic carbocycles. The topological polar surface area (TPSA) is 49.3 Å². The fourth-order valence-electron chi connectivity index (χ4n) is 2.67. The summed E-state index contributed by atoms with van der Waals surface area (Å²) in [7, 11) is 0. The minimum Gasteiger partial charge on any atom is -0.396 e. The van der Waals surface area contributed by atoms with Gasteiger partial charge in [0.2, 0.25) is 0 Å². The Labute approximate surface area is 118 Å². The molecule has 1 aliphatic carbocycles. The zero-order valence-corrected chi connectivity index (χ0v) is 11.2. The normalized spacial score (nSPS) is 11.8. The average molecular weight is 267 g/mol. The summed E-state index contributed by atoms with van der Waals surface area (Å²) in [5.41, 5.74) is 5.72. The predicted molar refractivity (Wildman–Crippen MR) is 78.7 cm³/mol. The Hall–Kier alpha value is -2.13. The van der Waals surface area contributed by atoms with E-state index in [0.717, 1.165) is 6.42 Å². The number of benzene rings is 2. The van der Waals surface area contributed by atoms with Crippen molar-refractivity contribution in [1.82, 2.24) is 5.32 Å². The van der Waals surface area contributed by atoms with Gasteiger partial charge in [0, 0.05) is 18.7 Å². The van der Waals surface area contributed by atoms with Crippen molar-refractivity contribution in [3.05, 3.63) is 59.2 Å². The van der Waals surface area contributed by atoms with Crippen LogP contribution in [0.2, 0.25) is 0 Å². The summed E-state index contributed by atoms with van der Waals surface area (Å²) in [6.45, 7) is 0.604. The number of rotatable bonds is 4. The predicted octanol–water partition coefficient (Wildman–Crippen LogP) is 2.37. The zero-order valence-electron chi connectivity index (χ0n) is 11.2. The van der Waals surface area contributed by atoms with E-state index >= 15 is 0 Å². The Morgan fingerprint density at radius 3 is 2.75 bits per heavy atom. The van der Waals surface area contributed by atoms with Crippen molar-refractivity contribution < 1.29 is 9.90 Å². The van der Waals surface area contributed by atoms with Crippen molar-refractivity contribution in [1.29, 1.82) is 0 Å². The van der Waals surface area contributed by atoms with Crippen molar-refractivity contribution >= 4 is 5.91 Å². The molecule has 1 amide bonds. The van der Waals surface area contributed by atoms with Crippen LogP contribution < -0.4 is 5.32 Å². The molecule has 0 spiro atoms. The fourth-order valence-corrected chi connectivity index (χ4v) is 2.67. The van der Waals surface area contributed by atoms with Crippen LogP contribution in [0.25, 0.3) is 11.1 Å². The van der Waals surface area contributed by atoms with Crippen LogP contribution in [-0.4, -0.2) is 24.2 Å². The van der Waals surface area contributed by atoms with Gasteiger partial charge >= 0.3 is 0 Å². The number of hydrogen-bond donors (Lipinski definition) is 2. The van der Waals surface area contributed by atoms with E-state index in [-0.39, 0.29) is 12.5 Å². The van der Waals surface area contributed by atoms with E-state index in [1.165, 1.54) is 22.3 Å². The summed E-state index contributed by atoms with van der Waals surface area (Å²) in [4.78, 5) is 12.0. The van der Waals surface area contributed by atoms with Crippen molar-refractivity contribution in [2.75, 3.05) is 13.2 Å². The van der Waals surface area contributed by atoms with E-state index in [1.54, 1.807) is 0 Å². The number of hydrogen-bond acceptors (Lipinski definition) is 2. The highest BCUT2D eigenvalue weighted by Crippen LogP contribution is 2.36. The van der Waals surface area contributed by atoms with Crippen LogP contribution in [-0.2, 0) is 6.42 Å². The number of fused-ring (bicyclic) bond motifs is 3. The quantitative estimate of drug-likeness (QED) is 0.713. The van der Waals surface area contributed by atoms with E-state index in [2.05, 4.69) is 17.4 Å². The lowest BCUT2D eigenvalue weighted by molar-refractivity contribution is 0.0951. The van der Waals surface area contributed by atoms with Crippen molar-refractivity contribution in [2.45, 2.75) is 12.8 Å². The van der Waals surface area contributed by atoms with Gasteiger partial charge in [-0.15, -0.1) is 0 Å². The third kappa shape index (κ3) is 2.32. The second kappa shape index (κ2) is 5.47. The first-order valence-electron chi connectivity index (χ1n) is 6.90. The Bertz CT molecular complexity index is 649. The van der Waals surface area contributed by atoms with E-state index in [9.17, 15) is 4.79 Å². The first-order chi connectivity index (χ1) is 9.79. The van der Waals surface area contributed by atoms with Gasteiger partial charge in [-0.1, -0.05) is 30.3 Å². The van der Waals surface area contributed by atoms with Crippen LogP contribution in [0.5, 0.6) is 0 Å². The van der Waals surface area contributed by atoms with Gasteiger partial charge in [-0.05, 0) is 47.2 Å². The summed E-state index contributed by atoms with van der Waals surface area (Å²) in [5, 5.41) is 11.5. The molecule has 0 bridgehead atoms. The molecule has 3 heteroatoms. The van der Waals surface area contributed by atoms with Gasteiger partial charge in [0.25, 0.3) is 5.91 Å². The highest BCUT2D eigenvalue weighted by Gasteiger charge is 2.19. The third-order valence-corrected chi connectivity index (χ3v) is 3.68. The van der Waals surface area contributed by atoms with Gasteiger partial charge in [0.05, 0.1) is 0 Å². The smallest absolute Gasteiger partial charge is 0.251 e. The standard InChI is InChI=1S/C17H17NO2/c19-9-3-8-18-17(20)13-6-7-16-14(11-13)10-12-4-1-2-5-15(12)16/h1-2,4-7,11,19H,3,8-10H2,(H,18,20). The molecule has 0 saturated heterocycles. The maximum Gasteiger partial charge on any atom is 0.251 e. The molecule has 3 nitrogen and oxygen atoms in total. The molecule has 0 saturated carbocycles. The SMILES string of the molecule is O=C(NCCCO)c1ccc2c(c1)Cc1ccccc1-2. The fraction of sp³-hybridized carbons (Fsp3) is 0.235. The zero-order chi connectivity index (χ0) is 13.9. The molecule has 3 rings (SSSR count). The summed E-state index contributed by atoms with van der Waals surface area (Å²) < 4.78 is 0. The maximum absolute atomic E-state index is 12.0. The Kier molecular flexibility index (Phi) is 3.52. The Balaban J connectivity index is 1.82. The number of aliphatic hydroxyl groups is 1. The van der Waals surface area contributed by atoms with Gasteiger partial charge < -0.3 is 10.4 Å². The van der Waals surface area contributed by atoms with Crippen LogP contribution in [0.1, 0.15) is 27.9 Å². The first-order valence-corrected chi connectivity index (χ1v) is 6.90.